The Hall–Kier alpha value is -0.790. The highest BCUT2D eigenvalue weighted by Crippen LogP contribution is 2.27. The summed E-state index contributed by atoms with van der Waals surface area (Å²) in [5.74, 6) is 0.229. The van der Waals surface area contributed by atoms with Crippen LogP contribution < -0.4 is 0 Å². The molecule has 0 bridgehead atoms. The van der Waals surface area contributed by atoms with Crippen molar-refractivity contribution in [2.75, 3.05) is 0 Å². The molecule has 0 saturated carbocycles. The zero-order valence-corrected chi connectivity index (χ0v) is 7.36. The molecule has 0 unspecified atom stereocenters. The van der Waals surface area contributed by atoms with E-state index in [1.807, 2.05) is 20.8 Å². The van der Waals surface area contributed by atoms with Gasteiger partial charge >= 0.3 is 0 Å². The number of aryl methyl sites for hydroxylation is 1. The average Bonchev–Trinajstić information content (AvgIpc) is 2.11. The molecule has 11 heavy (non-hydrogen) atoms. The van der Waals surface area contributed by atoms with Crippen molar-refractivity contribution >= 4 is 0 Å². The Morgan fingerprint density at radius 2 is 1.91 bits per heavy atom. The predicted molar refractivity (Wildman–Crippen MR) is 42.1 cm³/mol. The molecule has 1 heterocycles. The van der Waals surface area contributed by atoms with Crippen molar-refractivity contribution in [1.82, 2.24) is 0 Å². The Kier molecular flexibility index (Phi) is 1.78. The van der Waals surface area contributed by atoms with E-state index in [2.05, 4.69) is 0 Å². The molecule has 2 heteroatoms. The van der Waals surface area contributed by atoms with Crippen LogP contribution in [0.25, 0.3) is 0 Å². The van der Waals surface area contributed by atoms with Gasteiger partial charge in [-0.05, 0) is 6.92 Å². The van der Waals surface area contributed by atoms with Crippen LogP contribution >= 0.6 is 0 Å². The van der Waals surface area contributed by atoms with Gasteiger partial charge in [-0.1, -0.05) is 20.8 Å². The van der Waals surface area contributed by atoms with Gasteiger partial charge in [-0.15, -0.1) is 0 Å². The van der Waals surface area contributed by atoms with Gasteiger partial charge < -0.3 is 4.42 Å². The van der Waals surface area contributed by atoms with Gasteiger partial charge in [0.2, 0.25) is 0 Å². The fraction of sp³-hybridized carbons (Fsp3) is 0.556. The molecule has 0 saturated heterocycles. The fourth-order valence-electron chi connectivity index (χ4n) is 0.936. The Balaban J connectivity index is 3.15. The van der Waals surface area contributed by atoms with Gasteiger partial charge in [0.15, 0.2) is 5.82 Å². The van der Waals surface area contributed by atoms with Crippen LogP contribution in [0.1, 0.15) is 32.1 Å². The third kappa shape index (κ3) is 1.44. The van der Waals surface area contributed by atoms with E-state index < -0.39 is 0 Å². The number of hydrogen-bond acceptors (Lipinski definition) is 1. The van der Waals surface area contributed by atoms with Crippen LogP contribution in [-0.4, -0.2) is 0 Å². The van der Waals surface area contributed by atoms with Crippen molar-refractivity contribution in [2.24, 2.45) is 0 Å². The van der Waals surface area contributed by atoms with Crippen molar-refractivity contribution in [3.05, 3.63) is 23.4 Å². The van der Waals surface area contributed by atoms with Crippen molar-refractivity contribution in [1.29, 1.82) is 0 Å². The molecule has 0 radical (unpaired) electrons. The number of rotatable bonds is 0. The van der Waals surface area contributed by atoms with Crippen molar-refractivity contribution in [2.45, 2.75) is 33.1 Å². The van der Waals surface area contributed by atoms with E-state index in [9.17, 15) is 4.39 Å². The minimum Gasteiger partial charge on any atom is -0.465 e. The summed E-state index contributed by atoms with van der Waals surface area (Å²) >= 11 is 0. The van der Waals surface area contributed by atoms with Crippen LogP contribution in [0.15, 0.2) is 10.7 Å². The molecular weight excluding hydrogens is 143 g/mol. The Bertz CT molecular complexity index is 255. The average molecular weight is 156 g/mol. The van der Waals surface area contributed by atoms with Gasteiger partial charge in [0, 0.05) is 11.0 Å². The summed E-state index contributed by atoms with van der Waals surface area (Å²) in [5, 5.41) is 0. The smallest absolute Gasteiger partial charge is 0.167 e. The fourth-order valence-corrected chi connectivity index (χ4v) is 0.936. The zero-order chi connectivity index (χ0) is 8.65. The lowest BCUT2D eigenvalue weighted by Crippen LogP contribution is -2.11. The largest absolute Gasteiger partial charge is 0.465 e. The molecule has 0 aromatic carbocycles. The van der Waals surface area contributed by atoms with E-state index in [0.29, 0.717) is 11.3 Å². The summed E-state index contributed by atoms with van der Waals surface area (Å²) in [6.45, 7) is 7.48. The first-order valence-electron chi connectivity index (χ1n) is 3.67. The maximum atomic E-state index is 13.2. The zero-order valence-electron chi connectivity index (χ0n) is 7.36. The third-order valence-electron chi connectivity index (χ3n) is 1.58. The third-order valence-corrected chi connectivity index (χ3v) is 1.58. The molecule has 1 aromatic heterocycles. The first kappa shape index (κ1) is 8.31. The lowest BCUT2D eigenvalue weighted by atomic mass is 9.93. The maximum Gasteiger partial charge on any atom is 0.167 e. The van der Waals surface area contributed by atoms with Crippen LogP contribution in [0.2, 0.25) is 0 Å². The van der Waals surface area contributed by atoms with Gasteiger partial charge in [0.1, 0.15) is 5.76 Å². The van der Waals surface area contributed by atoms with Gasteiger partial charge in [0.25, 0.3) is 0 Å². The highest BCUT2D eigenvalue weighted by Gasteiger charge is 2.23. The standard InChI is InChI=1S/C9H13FO/c1-6-5-11-8(7(6)10)9(2,3)4/h5H,1-4H3. The topological polar surface area (TPSA) is 13.1 Å². The molecule has 0 aliphatic heterocycles. The van der Waals surface area contributed by atoms with Gasteiger partial charge in [-0.2, -0.15) is 0 Å². The number of furan rings is 1. The van der Waals surface area contributed by atoms with E-state index in [-0.39, 0.29) is 11.2 Å². The van der Waals surface area contributed by atoms with Crippen LogP contribution in [0.5, 0.6) is 0 Å². The summed E-state index contributed by atoms with van der Waals surface area (Å²) < 4.78 is 18.2. The molecule has 62 valence electrons. The normalized spacial score (nSPS) is 12.1. The molecule has 0 fully saturated rings. The maximum absolute atomic E-state index is 13.2. The van der Waals surface area contributed by atoms with Gasteiger partial charge in [-0.3, -0.25) is 0 Å². The first-order valence-corrected chi connectivity index (χ1v) is 3.67. The van der Waals surface area contributed by atoms with E-state index in [1.54, 1.807) is 6.92 Å². The van der Waals surface area contributed by atoms with Crippen LogP contribution in [-0.2, 0) is 5.41 Å². The van der Waals surface area contributed by atoms with E-state index in [4.69, 9.17) is 4.42 Å². The molecule has 0 amide bonds. The summed E-state index contributed by atoms with van der Waals surface area (Å²) in [6.07, 6.45) is 1.45. The second kappa shape index (κ2) is 2.36. The van der Waals surface area contributed by atoms with Crippen molar-refractivity contribution < 1.29 is 8.81 Å². The highest BCUT2D eigenvalue weighted by molar-refractivity contribution is 5.19. The molecule has 0 N–H and O–H groups in total. The Morgan fingerprint density at radius 3 is 2.09 bits per heavy atom. The van der Waals surface area contributed by atoms with Crippen molar-refractivity contribution in [3.63, 3.8) is 0 Å². The van der Waals surface area contributed by atoms with Crippen molar-refractivity contribution in [3.8, 4) is 0 Å². The van der Waals surface area contributed by atoms with E-state index in [1.165, 1.54) is 6.26 Å². The van der Waals surface area contributed by atoms with Crippen LogP contribution in [0.4, 0.5) is 4.39 Å². The summed E-state index contributed by atoms with van der Waals surface area (Å²) in [4.78, 5) is 0. The molecule has 0 aliphatic rings. The molecular formula is C9H13FO. The Labute approximate surface area is 66.2 Å². The highest BCUT2D eigenvalue weighted by atomic mass is 19.1. The quantitative estimate of drug-likeness (QED) is 0.562. The minimum absolute atomic E-state index is 0.211. The molecule has 1 aromatic rings. The molecule has 1 nitrogen and oxygen atoms in total. The lowest BCUT2D eigenvalue weighted by molar-refractivity contribution is 0.381. The summed E-state index contributed by atoms with van der Waals surface area (Å²) in [7, 11) is 0. The number of hydrogen-bond donors (Lipinski definition) is 0. The van der Waals surface area contributed by atoms with Gasteiger partial charge in [-0.25, -0.2) is 4.39 Å². The van der Waals surface area contributed by atoms with Crippen LogP contribution in [0.3, 0.4) is 0 Å². The summed E-state index contributed by atoms with van der Waals surface area (Å²) in [5.41, 5.74) is 0.341. The Morgan fingerprint density at radius 1 is 1.36 bits per heavy atom. The van der Waals surface area contributed by atoms with Crippen LogP contribution in [0, 0.1) is 12.7 Å². The SMILES string of the molecule is Cc1coc(C(C)(C)C)c1F. The van der Waals surface area contributed by atoms with E-state index in [0.717, 1.165) is 0 Å². The molecule has 0 aliphatic carbocycles. The number of halogens is 1. The monoisotopic (exact) mass is 156 g/mol. The molecule has 1 rings (SSSR count). The second-order valence-corrected chi connectivity index (χ2v) is 3.81. The van der Waals surface area contributed by atoms with E-state index >= 15 is 0 Å². The van der Waals surface area contributed by atoms with Gasteiger partial charge in [0.05, 0.1) is 6.26 Å². The predicted octanol–water partition coefficient (Wildman–Crippen LogP) is 3.02. The summed E-state index contributed by atoms with van der Waals surface area (Å²) in [6, 6.07) is 0. The first-order chi connectivity index (χ1) is 4.93. The molecule has 0 spiro atoms. The minimum atomic E-state index is -0.238. The molecule has 0 atom stereocenters. The lowest BCUT2D eigenvalue weighted by Gasteiger charge is -2.14. The second-order valence-electron chi connectivity index (χ2n) is 3.81.